The number of benzene rings is 1. The number of hydrogen-bond donors (Lipinski definition) is 0. The third kappa shape index (κ3) is 4.49. The van der Waals surface area contributed by atoms with Crippen molar-refractivity contribution in [3.8, 4) is 0 Å². The molecule has 6 heteroatoms. The molecule has 0 radical (unpaired) electrons. The molecule has 2 aromatic heterocycles. The second kappa shape index (κ2) is 8.92. The lowest BCUT2D eigenvalue weighted by Gasteiger charge is -2.25. The van der Waals surface area contributed by atoms with Crippen LogP contribution in [0.25, 0.3) is 0 Å². The summed E-state index contributed by atoms with van der Waals surface area (Å²) in [6.07, 6.45) is 4.72. The van der Waals surface area contributed by atoms with Crippen LogP contribution in [0.15, 0.2) is 81.1 Å². The number of amides is 1. The average molecular weight is 391 g/mol. The van der Waals surface area contributed by atoms with Crippen LogP contribution in [0.4, 0.5) is 0 Å². The van der Waals surface area contributed by atoms with Crippen LogP contribution in [0.2, 0.25) is 0 Å². The highest BCUT2D eigenvalue weighted by Crippen LogP contribution is 2.33. The van der Waals surface area contributed by atoms with Crippen molar-refractivity contribution in [3.63, 3.8) is 0 Å². The molecule has 3 aromatic rings. The van der Waals surface area contributed by atoms with Gasteiger partial charge >= 0.3 is 0 Å². The summed E-state index contributed by atoms with van der Waals surface area (Å²) in [6.45, 7) is 4.01. The molecule has 1 aromatic carbocycles. The van der Waals surface area contributed by atoms with Gasteiger partial charge < -0.3 is 8.83 Å². The summed E-state index contributed by atoms with van der Waals surface area (Å²) in [5, 5.41) is 6.15. The third-order valence-corrected chi connectivity index (χ3v) is 5.21. The highest BCUT2D eigenvalue weighted by Gasteiger charge is 2.36. The number of furan rings is 2. The average Bonchev–Trinajstić information content (AvgIpc) is 3.51. The number of carbonyl (C=O) groups excluding carboxylic acids is 1. The van der Waals surface area contributed by atoms with Gasteiger partial charge in [0.15, 0.2) is 0 Å². The van der Waals surface area contributed by atoms with Crippen LogP contribution < -0.4 is 0 Å². The quantitative estimate of drug-likeness (QED) is 0.580. The zero-order valence-corrected chi connectivity index (χ0v) is 16.5. The summed E-state index contributed by atoms with van der Waals surface area (Å²) in [4.78, 5) is 15.3. The second-order valence-electron chi connectivity index (χ2n) is 7.10. The Morgan fingerprint density at radius 2 is 1.90 bits per heavy atom. The first-order valence-electron chi connectivity index (χ1n) is 9.97. The number of hydrazone groups is 1. The van der Waals surface area contributed by atoms with E-state index in [0.29, 0.717) is 18.7 Å². The van der Waals surface area contributed by atoms with E-state index in [1.165, 1.54) is 5.56 Å². The van der Waals surface area contributed by atoms with E-state index in [1.54, 1.807) is 17.5 Å². The smallest absolute Gasteiger partial charge is 0.257 e. The van der Waals surface area contributed by atoms with Gasteiger partial charge in [-0.3, -0.25) is 9.69 Å². The predicted octanol–water partition coefficient (Wildman–Crippen LogP) is 4.11. The Morgan fingerprint density at radius 1 is 1.10 bits per heavy atom. The lowest BCUT2D eigenvalue weighted by atomic mass is 10.1. The minimum atomic E-state index is -0.245. The Hall–Kier alpha value is -3.12. The predicted molar refractivity (Wildman–Crippen MR) is 110 cm³/mol. The van der Waals surface area contributed by atoms with E-state index in [9.17, 15) is 4.79 Å². The van der Waals surface area contributed by atoms with Crippen molar-refractivity contribution >= 4 is 11.6 Å². The Labute approximate surface area is 170 Å². The van der Waals surface area contributed by atoms with Crippen LogP contribution in [-0.2, 0) is 11.2 Å². The highest BCUT2D eigenvalue weighted by molar-refractivity contribution is 6.01. The van der Waals surface area contributed by atoms with Gasteiger partial charge in [-0.1, -0.05) is 37.3 Å². The Morgan fingerprint density at radius 3 is 2.59 bits per heavy atom. The molecule has 0 spiro atoms. The molecule has 3 heterocycles. The second-order valence-corrected chi connectivity index (χ2v) is 7.10. The summed E-state index contributed by atoms with van der Waals surface area (Å²) in [7, 11) is 0. The number of hydrogen-bond acceptors (Lipinski definition) is 5. The van der Waals surface area contributed by atoms with Crippen LogP contribution in [-0.4, -0.2) is 41.2 Å². The standard InChI is InChI=1S/C23H25N3O3/c1-2-25(13-12-18-8-4-3-5-9-18)17-23(27)26-20(22-11-7-15-29-22)16-19(24-26)21-10-6-14-28-21/h3-11,14-15,20H,2,12-13,16-17H2,1H3. The first-order chi connectivity index (χ1) is 14.2. The van der Waals surface area contributed by atoms with E-state index >= 15 is 0 Å². The molecule has 29 heavy (non-hydrogen) atoms. The maximum absolute atomic E-state index is 13.2. The molecule has 150 valence electrons. The molecular formula is C23H25N3O3. The zero-order valence-electron chi connectivity index (χ0n) is 16.5. The van der Waals surface area contributed by atoms with Crippen molar-refractivity contribution in [1.29, 1.82) is 0 Å². The molecule has 1 atom stereocenters. The molecule has 0 saturated heterocycles. The minimum absolute atomic E-state index is 0.0390. The lowest BCUT2D eigenvalue weighted by Crippen LogP contribution is -2.39. The van der Waals surface area contributed by atoms with E-state index in [0.717, 1.165) is 31.0 Å². The monoisotopic (exact) mass is 391 g/mol. The SMILES string of the molecule is CCN(CCc1ccccc1)CC(=O)N1N=C(c2ccco2)CC1c1ccco1. The molecule has 1 aliphatic rings. The van der Waals surface area contributed by atoms with Gasteiger partial charge in [-0.2, -0.15) is 5.10 Å². The summed E-state index contributed by atoms with van der Waals surface area (Å²) in [5.41, 5.74) is 2.03. The van der Waals surface area contributed by atoms with Crippen LogP contribution in [0.5, 0.6) is 0 Å². The summed E-state index contributed by atoms with van der Waals surface area (Å²) in [6, 6.07) is 17.5. The molecule has 6 nitrogen and oxygen atoms in total. The van der Waals surface area contributed by atoms with Crippen LogP contribution in [0.3, 0.4) is 0 Å². The molecule has 0 saturated carbocycles. The lowest BCUT2D eigenvalue weighted by molar-refractivity contribution is -0.134. The Kier molecular flexibility index (Phi) is 5.91. The van der Waals surface area contributed by atoms with E-state index in [2.05, 4.69) is 29.1 Å². The Balaban J connectivity index is 1.46. The molecule has 0 bridgehead atoms. The van der Waals surface area contributed by atoms with Crippen LogP contribution in [0, 0.1) is 0 Å². The van der Waals surface area contributed by atoms with Crippen molar-refractivity contribution < 1.29 is 13.6 Å². The van der Waals surface area contributed by atoms with Crippen molar-refractivity contribution in [2.45, 2.75) is 25.8 Å². The van der Waals surface area contributed by atoms with Gasteiger partial charge in [-0.05, 0) is 42.8 Å². The van der Waals surface area contributed by atoms with Crippen LogP contribution in [0.1, 0.15) is 36.5 Å². The van der Waals surface area contributed by atoms with Gasteiger partial charge in [0.2, 0.25) is 0 Å². The number of nitrogens with zero attached hydrogens (tertiary/aromatic N) is 3. The highest BCUT2D eigenvalue weighted by atomic mass is 16.3. The molecule has 0 N–H and O–H groups in total. The number of rotatable bonds is 8. The Bertz CT molecular complexity index is 933. The fourth-order valence-electron chi connectivity index (χ4n) is 3.58. The third-order valence-electron chi connectivity index (χ3n) is 5.21. The fourth-order valence-corrected chi connectivity index (χ4v) is 3.58. The molecule has 0 aliphatic carbocycles. The minimum Gasteiger partial charge on any atom is -0.467 e. The summed E-state index contributed by atoms with van der Waals surface area (Å²) < 4.78 is 11.1. The summed E-state index contributed by atoms with van der Waals surface area (Å²) >= 11 is 0. The van der Waals surface area contributed by atoms with Crippen LogP contribution >= 0.6 is 0 Å². The van der Waals surface area contributed by atoms with E-state index in [-0.39, 0.29) is 11.9 Å². The van der Waals surface area contributed by atoms with Crippen molar-refractivity contribution in [3.05, 3.63) is 84.2 Å². The molecule has 1 unspecified atom stereocenters. The zero-order chi connectivity index (χ0) is 20.1. The normalized spacial score (nSPS) is 16.4. The maximum atomic E-state index is 13.2. The first kappa shape index (κ1) is 19.2. The van der Waals surface area contributed by atoms with Gasteiger partial charge in [0.05, 0.1) is 19.1 Å². The van der Waals surface area contributed by atoms with Crippen molar-refractivity contribution in [2.75, 3.05) is 19.6 Å². The van der Waals surface area contributed by atoms with Gasteiger partial charge in [0, 0.05) is 13.0 Å². The fraction of sp³-hybridized carbons (Fsp3) is 0.304. The molecule has 4 rings (SSSR count). The maximum Gasteiger partial charge on any atom is 0.257 e. The number of likely N-dealkylation sites (N-methyl/N-ethyl adjacent to an activating group) is 1. The van der Waals surface area contributed by atoms with Crippen molar-refractivity contribution in [2.24, 2.45) is 5.10 Å². The van der Waals surface area contributed by atoms with Gasteiger partial charge in [0.25, 0.3) is 5.91 Å². The molecule has 0 fully saturated rings. The van der Waals surface area contributed by atoms with Gasteiger partial charge in [-0.15, -0.1) is 0 Å². The molecule has 1 aliphatic heterocycles. The van der Waals surface area contributed by atoms with Gasteiger partial charge in [0.1, 0.15) is 23.3 Å². The van der Waals surface area contributed by atoms with E-state index in [1.807, 2.05) is 42.5 Å². The first-order valence-corrected chi connectivity index (χ1v) is 9.97. The topological polar surface area (TPSA) is 62.2 Å². The number of carbonyl (C=O) groups is 1. The van der Waals surface area contributed by atoms with E-state index in [4.69, 9.17) is 8.83 Å². The van der Waals surface area contributed by atoms with Gasteiger partial charge in [-0.25, -0.2) is 5.01 Å². The summed E-state index contributed by atoms with van der Waals surface area (Å²) in [5.74, 6) is 1.38. The van der Waals surface area contributed by atoms with Crippen molar-refractivity contribution in [1.82, 2.24) is 9.91 Å². The van der Waals surface area contributed by atoms with E-state index < -0.39 is 0 Å². The molecule has 1 amide bonds. The largest absolute Gasteiger partial charge is 0.467 e. The molecular weight excluding hydrogens is 366 g/mol.